The lowest BCUT2D eigenvalue weighted by atomic mass is 9.89. The molecule has 0 spiro atoms. The molecule has 0 aromatic heterocycles. The maximum absolute atomic E-state index is 11.7. The standard InChI is InChI=1S/C28H26O/c1-21(29)17-18-26-27(23-13-7-3-8-14-23)20-25(19-22-11-5-2-6-12-22)28(26)24-15-9-4-10-16-24/h2,4-6,9-13,15-20H,3,7-8,14H2,1H3/b18-17-,25-19+. The Hall–Kier alpha value is -3.19. The number of ketones is 1. The van der Waals surface area contributed by atoms with E-state index in [1.54, 1.807) is 13.0 Å². The molecule has 0 saturated heterocycles. The van der Waals surface area contributed by atoms with E-state index in [1.807, 2.05) is 18.2 Å². The van der Waals surface area contributed by atoms with Crippen molar-refractivity contribution < 1.29 is 4.79 Å². The summed E-state index contributed by atoms with van der Waals surface area (Å²) in [7, 11) is 0. The first-order valence-electron chi connectivity index (χ1n) is 10.4. The van der Waals surface area contributed by atoms with Gasteiger partial charge in [-0.3, -0.25) is 4.79 Å². The molecule has 0 fully saturated rings. The number of benzene rings is 2. The predicted octanol–water partition coefficient (Wildman–Crippen LogP) is 7.11. The van der Waals surface area contributed by atoms with Crippen molar-refractivity contribution in [2.45, 2.75) is 32.6 Å². The van der Waals surface area contributed by atoms with Crippen LogP contribution in [-0.4, -0.2) is 5.78 Å². The van der Waals surface area contributed by atoms with E-state index < -0.39 is 0 Å². The highest BCUT2D eigenvalue weighted by atomic mass is 16.1. The highest BCUT2D eigenvalue weighted by Crippen LogP contribution is 2.44. The Morgan fingerprint density at radius 3 is 2.31 bits per heavy atom. The van der Waals surface area contributed by atoms with Gasteiger partial charge in [0, 0.05) is 0 Å². The molecule has 0 heterocycles. The van der Waals surface area contributed by atoms with Crippen LogP contribution < -0.4 is 0 Å². The van der Waals surface area contributed by atoms with E-state index in [1.165, 1.54) is 46.3 Å². The summed E-state index contributed by atoms with van der Waals surface area (Å²) >= 11 is 0. The van der Waals surface area contributed by atoms with Gasteiger partial charge < -0.3 is 0 Å². The molecule has 0 N–H and O–H groups in total. The normalized spacial score (nSPS) is 18.3. The summed E-state index contributed by atoms with van der Waals surface area (Å²) in [6, 6.07) is 20.9. The first kappa shape index (κ1) is 19.1. The van der Waals surface area contributed by atoms with Crippen LogP contribution in [0, 0.1) is 0 Å². The van der Waals surface area contributed by atoms with E-state index in [4.69, 9.17) is 0 Å². The van der Waals surface area contributed by atoms with Crippen molar-refractivity contribution in [1.82, 2.24) is 0 Å². The molecule has 1 heteroatoms. The third-order valence-corrected chi connectivity index (χ3v) is 5.45. The monoisotopic (exact) mass is 378 g/mol. The Bertz CT molecular complexity index is 1040. The summed E-state index contributed by atoms with van der Waals surface area (Å²) in [4.78, 5) is 11.7. The zero-order valence-electron chi connectivity index (χ0n) is 16.9. The van der Waals surface area contributed by atoms with Crippen LogP contribution in [0.2, 0.25) is 0 Å². The molecule has 2 aromatic carbocycles. The van der Waals surface area contributed by atoms with Gasteiger partial charge in [-0.1, -0.05) is 72.8 Å². The highest BCUT2D eigenvalue weighted by molar-refractivity contribution is 5.99. The second-order valence-corrected chi connectivity index (χ2v) is 7.64. The van der Waals surface area contributed by atoms with E-state index in [0.29, 0.717) is 0 Å². The van der Waals surface area contributed by atoms with Gasteiger partial charge in [0.2, 0.25) is 0 Å². The summed E-state index contributed by atoms with van der Waals surface area (Å²) in [6.07, 6.45) is 15.4. The van der Waals surface area contributed by atoms with E-state index >= 15 is 0 Å². The molecule has 2 aliphatic rings. The number of rotatable bonds is 5. The second kappa shape index (κ2) is 8.87. The Labute approximate surface area is 173 Å². The van der Waals surface area contributed by atoms with Crippen LogP contribution in [0.1, 0.15) is 43.7 Å². The molecule has 29 heavy (non-hydrogen) atoms. The number of allylic oxidation sites excluding steroid dienone is 9. The molecule has 0 radical (unpaired) electrons. The highest BCUT2D eigenvalue weighted by Gasteiger charge is 2.24. The number of carbonyl (C=O) groups is 1. The minimum atomic E-state index is 0.0716. The van der Waals surface area contributed by atoms with Gasteiger partial charge in [0.25, 0.3) is 0 Å². The summed E-state index contributed by atoms with van der Waals surface area (Å²) in [6.45, 7) is 1.61. The molecule has 144 valence electrons. The molecule has 0 atom stereocenters. The SMILES string of the molecule is CC(=O)/C=C\C1=C(c2ccccc2)C(=C/c2ccccc2)/C=C1C1=CCCCC1. The van der Waals surface area contributed by atoms with Gasteiger partial charge in [0.1, 0.15) is 0 Å². The van der Waals surface area contributed by atoms with Crippen LogP contribution in [-0.2, 0) is 4.79 Å². The van der Waals surface area contributed by atoms with Crippen LogP contribution in [0.25, 0.3) is 11.6 Å². The van der Waals surface area contributed by atoms with Gasteiger partial charge in [-0.15, -0.1) is 0 Å². The lowest BCUT2D eigenvalue weighted by Gasteiger charge is -2.16. The quantitative estimate of drug-likeness (QED) is 0.507. The molecule has 2 aliphatic carbocycles. The van der Waals surface area contributed by atoms with Crippen molar-refractivity contribution in [3.63, 3.8) is 0 Å². The van der Waals surface area contributed by atoms with E-state index in [0.717, 1.165) is 18.4 Å². The van der Waals surface area contributed by atoms with Gasteiger partial charge in [-0.05, 0) is 89.8 Å². The van der Waals surface area contributed by atoms with Crippen LogP contribution in [0.4, 0.5) is 0 Å². The first-order valence-corrected chi connectivity index (χ1v) is 10.4. The number of hydrogen-bond acceptors (Lipinski definition) is 1. The average molecular weight is 379 g/mol. The molecule has 1 nitrogen and oxygen atoms in total. The molecular weight excluding hydrogens is 352 g/mol. The van der Waals surface area contributed by atoms with Gasteiger partial charge in [0.15, 0.2) is 5.78 Å². The minimum absolute atomic E-state index is 0.0716. The Balaban J connectivity index is 1.92. The fourth-order valence-corrected chi connectivity index (χ4v) is 4.09. The van der Waals surface area contributed by atoms with Crippen LogP contribution >= 0.6 is 0 Å². The Kier molecular flexibility index (Phi) is 5.86. The number of hydrogen-bond donors (Lipinski definition) is 0. The largest absolute Gasteiger partial charge is 0.295 e. The van der Waals surface area contributed by atoms with Crippen LogP contribution in [0.3, 0.4) is 0 Å². The molecule has 0 aliphatic heterocycles. The zero-order chi connectivity index (χ0) is 20.1. The molecule has 0 amide bonds. The van der Waals surface area contributed by atoms with Gasteiger partial charge in [-0.2, -0.15) is 0 Å². The summed E-state index contributed by atoms with van der Waals surface area (Å²) in [5.41, 5.74) is 8.59. The lowest BCUT2D eigenvalue weighted by Crippen LogP contribution is -1.97. The van der Waals surface area contributed by atoms with Crippen molar-refractivity contribution in [2.24, 2.45) is 0 Å². The van der Waals surface area contributed by atoms with E-state index in [9.17, 15) is 4.79 Å². The van der Waals surface area contributed by atoms with E-state index in [2.05, 4.69) is 66.8 Å². The average Bonchev–Trinajstić information content (AvgIpc) is 3.12. The third kappa shape index (κ3) is 4.46. The Morgan fingerprint density at radius 1 is 0.931 bits per heavy atom. The molecule has 2 aromatic rings. The molecule has 0 unspecified atom stereocenters. The molecular formula is C28H26O. The number of carbonyl (C=O) groups excluding carboxylic acids is 1. The zero-order valence-corrected chi connectivity index (χ0v) is 16.9. The lowest BCUT2D eigenvalue weighted by molar-refractivity contribution is -0.112. The van der Waals surface area contributed by atoms with Crippen LogP contribution in [0.15, 0.2) is 107 Å². The Morgan fingerprint density at radius 2 is 1.66 bits per heavy atom. The van der Waals surface area contributed by atoms with Crippen molar-refractivity contribution in [1.29, 1.82) is 0 Å². The molecule has 0 saturated carbocycles. The van der Waals surface area contributed by atoms with Crippen LogP contribution in [0.5, 0.6) is 0 Å². The maximum Gasteiger partial charge on any atom is 0.152 e. The predicted molar refractivity (Wildman–Crippen MR) is 122 cm³/mol. The van der Waals surface area contributed by atoms with Crippen molar-refractivity contribution in [3.05, 3.63) is 118 Å². The molecule has 0 bridgehead atoms. The van der Waals surface area contributed by atoms with E-state index in [-0.39, 0.29) is 5.78 Å². The summed E-state index contributed by atoms with van der Waals surface area (Å²) in [5.74, 6) is 0.0716. The topological polar surface area (TPSA) is 17.1 Å². The fourth-order valence-electron chi connectivity index (χ4n) is 4.09. The molecule has 4 rings (SSSR count). The smallest absolute Gasteiger partial charge is 0.152 e. The fraction of sp³-hybridized carbons (Fsp3) is 0.179. The second-order valence-electron chi connectivity index (χ2n) is 7.64. The van der Waals surface area contributed by atoms with Gasteiger partial charge in [0.05, 0.1) is 0 Å². The van der Waals surface area contributed by atoms with Gasteiger partial charge >= 0.3 is 0 Å². The van der Waals surface area contributed by atoms with Gasteiger partial charge in [-0.25, -0.2) is 0 Å². The van der Waals surface area contributed by atoms with Crippen molar-refractivity contribution in [3.8, 4) is 0 Å². The van der Waals surface area contributed by atoms with Crippen molar-refractivity contribution in [2.75, 3.05) is 0 Å². The first-order chi connectivity index (χ1) is 14.2. The summed E-state index contributed by atoms with van der Waals surface area (Å²) in [5, 5.41) is 0. The maximum atomic E-state index is 11.7. The summed E-state index contributed by atoms with van der Waals surface area (Å²) < 4.78 is 0. The minimum Gasteiger partial charge on any atom is -0.295 e. The van der Waals surface area contributed by atoms with Crippen molar-refractivity contribution >= 4 is 17.4 Å². The third-order valence-electron chi connectivity index (χ3n) is 5.45.